The van der Waals surface area contributed by atoms with E-state index in [9.17, 15) is 9.59 Å². The largest absolute Gasteiger partial charge is 0.336 e. The Bertz CT molecular complexity index is 587. The summed E-state index contributed by atoms with van der Waals surface area (Å²) in [5.41, 5.74) is 2.88. The maximum Gasteiger partial charge on any atom is 0.243 e. The monoisotopic (exact) mass is 328 g/mol. The van der Waals surface area contributed by atoms with Crippen molar-refractivity contribution >= 4 is 40.7 Å². The number of hydrogen-bond donors (Lipinski definition) is 1. The van der Waals surface area contributed by atoms with Gasteiger partial charge in [-0.15, -0.1) is 23.2 Å². The molecule has 6 heteroatoms. The van der Waals surface area contributed by atoms with Crippen LogP contribution < -0.4 is 5.32 Å². The van der Waals surface area contributed by atoms with E-state index in [1.165, 1.54) is 4.90 Å². The summed E-state index contributed by atoms with van der Waals surface area (Å²) in [6.07, 6.45) is 0.442. The number of carbonyl (C=O) groups excluding carboxylic acids is 2. The fourth-order valence-corrected chi connectivity index (χ4v) is 2.61. The average molecular weight is 329 g/mol. The lowest BCUT2D eigenvalue weighted by molar-refractivity contribution is -0.134. The molecule has 0 spiro atoms. The number of anilines is 1. The number of halogens is 2. The van der Waals surface area contributed by atoms with Gasteiger partial charge < -0.3 is 10.2 Å². The van der Waals surface area contributed by atoms with Crippen molar-refractivity contribution in [2.45, 2.75) is 24.6 Å². The zero-order valence-corrected chi connectivity index (χ0v) is 13.8. The zero-order chi connectivity index (χ0) is 15.8. The van der Waals surface area contributed by atoms with Crippen molar-refractivity contribution in [2.24, 2.45) is 5.92 Å². The molecule has 1 saturated carbocycles. The van der Waals surface area contributed by atoms with Gasteiger partial charge in [0.15, 0.2) is 0 Å². The van der Waals surface area contributed by atoms with Gasteiger partial charge in [-0.2, -0.15) is 0 Å². The molecule has 0 bridgehead atoms. The third kappa shape index (κ3) is 3.69. The van der Waals surface area contributed by atoms with E-state index in [4.69, 9.17) is 23.2 Å². The van der Waals surface area contributed by atoms with Crippen LogP contribution >= 0.6 is 23.2 Å². The highest BCUT2D eigenvalue weighted by atomic mass is 35.5. The van der Waals surface area contributed by atoms with Crippen molar-refractivity contribution in [1.82, 2.24) is 4.90 Å². The van der Waals surface area contributed by atoms with Crippen LogP contribution in [-0.2, 0) is 9.59 Å². The summed E-state index contributed by atoms with van der Waals surface area (Å²) < 4.78 is -0.963. The lowest BCUT2D eigenvalue weighted by atomic mass is 10.1. The van der Waals surface area contributed by atoms with Crippen LogP contribution in [-0.4, -0.2) is 34.6 Å². The Morgan fingerprint density at radius 1 is 1.38 bits per heavy atom. The number of benzene rings is 1. The average Bonchev–Trinajstić information content (AvgIpc) is 3.03. The molecule has 1 fully saturated rings. The highest BCUT2D eigenvalue weighted by Crippen LogP contribution is 2.53. The molecule has 1 aromatic carbocycles. The molecule has 114 valence electrons. The number of nitrogens with one attached hydrogen (secondary N) is 1. The SMILES string of the molecule is Cc1cccc(NC(=O)CN(C)C(=O)C2CC2(Cl)Cl)c1C. The smallest absolute Gasteiger partial charge is 0.243 e. The number of rotatable bonds is 4. The summed E-state index contributed by atoms with van der Waals surface area (Å²) >= 11 is 11.7. The predicted octanol–water partition coefficient (Wildman–Crippen LogP) is 2.89. The Balaban J connectivity index is 1.93. The molecule has 1 atom stereocenters. The van der Waals surface area contributed by atoms with Gasteiger partial charge >= 0.3 is 0 Å². The van der Waals surface area contributed by atoms with Crippen LogP contribution in [0.25, 0.3) is 0 Å². The number of likely N-dealkylation sites (N-methyl/N-ethyl adjacent to an activating group) is 1. The summed E-state index contributed by atoms with van der Waals surface area (Å²) in [6.45, 7) is 3.90. The number of nitrogens with zero attached hydrogens (tertiary/aromatic N) is 1. The van der Waals surface area contributed by atoms with Crippen molar-refractivity contribution in [3.8, 4) is 0 Å². The van der Waals surface area contributed by atoms with E-state index in [1.807, 2.05) is 32.0 Å². The van der Waals surface area contributed by atoms with Gasteiger partial charge in [-0.25, -0.2) is 0 Å². The highest BCUT2D eigenvalue weighted by Gasteiger charge is 2.57. The van der Waals surface area contributed by atoms with Gasteiger partial charge in [0.25, 0.3) is 0 Å². The van der Waals surface area contributed by atoms with E-state index in [1.54, 1.807) is 7.05 Å². The van der Waals surface area contributed by atoms with Gasteiger partial charge in [0.1, 0.15) is 4.33 Å². The minimum absolute atomic E-state index is 0.0213. The minimum Gasteiger partial charge on any atom is -0.336 e. The predicted molar refractivity (Wildman–Crippen MR) is 84.7 cm³/mol. The molecule has 1 aromatic rings. The Morgan fingerprint density at radius 2 is 2.00 bits per heavy atom. The first-order valence-corrected chi connectivity index (χ1v) is 7.47. The molecule has 21 heavy (non-hydrogen) atoms. The van der Waals surface area contributed by atoms with Gasteiger partial charge in [-0.05, 0) is 37.5 Å². The molecule has 0 aromatic heterocycles. The molecule has 0 heterocycles. The lowest BCUT2D eigenvalue weighted by Crippen LogP contribution is -2.36. The summed E-state index contributed by atoms with van der Waals surface area (Å²) in [6, 6.07) is 5.70. The second-order valence-electron chi connectivity index (χ2n) is 5.51. The van der Waals surface area contributed by atoms with Gasteiger partial charge in [0.05, 0.1) is 12.5 Å². The van der Waals surface area contributed by atoms with E-state index in [-0.39, 0.29) is 18.4 Å². The fraction of sp³-hybridized carbons (Fsp3) is 0.467. The molecule has 1 unspecified atom stereocenters. The van der Waals surface area contributed by atoms with E-state index >= 15 is 0 Å². The van der Waals surface area contributed by atoms with E-state index in [0.29, 0.717) is 6.42 Å². The molecule has 4 nitrogen and oxygen atoms in total. The van der Waals surface area contributed by atoms with Crippen molar-refractivity contribution < 1.29 is 9.59 Å². The maximum absolute atomic E-state index is 12.0. The van der Waals surface area contributed by atoms with Crippen LogP contribution in [0.2, 0.25) is 0 Å². The van der Waals surface area contributed by atoms with E-state index in [0.717, 1.165) is 16.8 Å². The van der Waals surface area contributed by atoms with Crippen LogP contribution in [0.15, 0.2) is 18.2 Å². The van der Waals surface area contributed by atoms with Crippen molar-refractivity contribution in [1.29, 1.82) is 0 Å². The second-order valence-corrected chi connectivity index (χ2v) is 7.05. The highest BCUT2D eigenvalue weighted by molar-refractivity contribution is 6.52. The van der Waals surface area contributed by atoms with E-state index < -0.39 is 10.3 Å². The van der Waals surface area contributed by atoms with Crippen LogP contribution in [0.3, 0.4) is 0 Å². The van der Waals surface area contributed by atoms with Crippen LogP contribution in [0.1, 0.15) is 17.5 Å². The number of alkyl halides is 2. The maximum atomic E-state index is 12.0. The zero-order valence-electron chi connectivity index (χ0n) is 12.2. The molecule has 1 aliphatic rings. The first-order valence-electron chi connectivity index (χ1n) is 6.71. The van der Waals surface area contributed by atoms with Gasteiger partial charge in [0, 0.05) is 12.7 Å². The fourth-order valence-electron chi connectivity index (χ4n) is 2.12. The van der Waals surface area contributed by atoms with Crippen LogP contribution in [0.5, 0.6) is 0 Å². The minimum atomic E-state index is -0.963. The van der Waals surface area contributed by atoms with Crippen molar-refractivity contribution in [3.05, 3.63) is 29.3 Å². The molecular weight excluding hydrogens is 311 g/mol. The summed E-state index contributed by atoms with van der Waals surface area (Å²) in [5, 5.41) is 2.82. The first-order chi connectivity index (χ1) is 9.72. The van der Waals surface area contributed by atoms with Gasteiger partial charge in [0.2, 0.25) is 11.8 Å². The van der Waals surface area contributed by atoms with Gasteiger partial charge in [-0.1, -0.05) is 12.1 Å². The lowest BCUT2D eigenvalue weighted by Gasteiger charge is -2.18. The number of hydrogen-bond acceptors (Lipinski definition) is 2. The molecule has 2 rings (SSSR count). The molecule has 0 saturated heterocycles. The Kier molecular flexibility index (Phi) is 4.49. The quantitative estimate of drug-likeness (QED) is 0.864. The molecule has 2 amide bonds. The second kappa shape index (κ2) is 5.85. The van der Waals surface area contributed by atoms with Crippen molar-refractivity contribution in [3.63, 3.8) is 0 Å². The van der Waals surface area contributed by atoms with Crippen LogP contribution in [0.4, 0.5) is 5.69 Å². The van der Waals surface area contributed by atoms with Gasteiger partial charge in [-0.3, -0.25) is 9.59 Å². The van der Waals surface area contributed by atoms with Crippen LogP contribution in [0, 0.1) is 19.8 Å². The topological polar surface area (TPSA) is 49.4 Å². The third-order valence-corrected chi connectivity index (χ3v) is 4.60. The molecule has 0 aliphatic heterocycles. The van der Waals surface area contributed by atoms with Crippen molar-refractivity contribution in [2.75, 3.05) is 18.9 Å². The Labute approximate surface area is 134 Å². The normalized spacial score (nSPS) is 19.0. The molecule has 1 aliphatic carbocycles. The number of aryl methyl sites for hydroxylation is 1. The molecular formula is C15H18Cl2N2O2. The third-order valence-electron chi connectivity index (χ3n) is 3.76. The standard InChI is InChI=1S/C15H18Cl2N2O2/c1-9-5-4-6-12(10(9)2)18-13(20)8-19(3)14(21)11-7-15(11,16)17/h4-6,11H,7-8H2,1-3H3,(H,18,20). The first kappa shape index (κ1) is 16.1. The Morgan fingerprint density at radius 3 is 2.57 bits per heavy atom. The number of amides is 2. The summed E-state index contributed by atoms with van der Waals surface area (Å²) in [7, 11) is 1.58. The summed E-state index contributed by atoms with van der Waals surface area (Å²) in [4.78, 5) is 25.4. The summed E-state index contributed by atoms with van der Waals surface area (Å²) in [5.74, 6) is -0.842. The Hall–Kier alpha value is -1.26. The molecule has 0 radical (unpaired) electrons. The molecule has 1 N–H and O–H groups in total. The number of carbonyl (C=O) groups is 2. The van der Waals surface area contributed by atoms with E-state index in [2.05, 4.69) is 5.32 Å².